The third-order valence-corrected chi connectivity index (χ3v) is 8.37. The summed E-state index contributed by atoms with van der Waals surface area (Å²) < 4.78 is 32.4. The minimum absolute atomic E-state index is 0.262. The summed E-state index contributed by atoms with van der Waals surface area (Å²) in [5.41, 5.74) is 2.42. The molecule has 1 unspecified atom stereocenters. The molecule has 0 fully saturated rings. The fourth-order valence-electron chi connectivity index (χ4n) is 3.60. The summed E-state index contributed by atoms with van der Waals surface area (Å²) in [6, 6.07) is 21.8. The predicted octanol–water partition coefficient (Wildman–Crippen LogP) is 5.31. The third kappa shape index (κ3) is 4.00. The van der Waals surface area contributed by atoms with Crippen LogP contribution in [-0.4, -0.2) is 23.0 Å². The molecule has 6 nitrogen and oxygen atoms in total. The van der Waals surface area contributed by atoms with E-state index in [2.05, 4.69) is 30.6 Å². The molecule has 5 aromatic rings. The van der Waals surface area contributed by atoms with Crippen molar-refractivity contribution >= 4 is 48.2 Å². The van der Waals surface area contributed by atoms with Gasteiger partial charge in [0.25, 0.3) is 10.0 Å². The number of hydrogen-bond donors (Lipinski definition) is 1. The minimum atomic E-state index is -3.76. The fourth-order valence-corrected chi connectivity index (χ4v) is 6.07. The average molecular weight is 525 g/mol. The van der Waals surface area contributed by atoms with Gasteiger partial charge in [-0.3, -0.25) is 4.57 Å². The Morgan fingerprint density at radius 2 is 1.69 bits per heavy atom. The van der Waals surface area contributed by atoms with Crippen LogP contribution in [0.15, 0.2) is 99.3 Å². The molecule has 9 heteroatoms. The first-order valence-corrected chi connectivity index (χ1v) is 12.9. The molecule has 3 aromatic heterocycles. The normalized spacial score (nSPS) is 12.8. The van der Waals surface area contributed by atoms with Crippen molar-refractivity contribution in [3.8, 4) is 5.95 Å². The van der Waals surface area contributed by atoms with Gasteiger partial charge in [-0.1, -0.05) is 52.3 Å². The minimum Gasteiger partial charge on any atom is -0.280 e. The number of halogens is 1. The lowest BCUT2D eigenvalue weighted by Crippen LogP contribution is -2.30. The molecule has 0 radical (unpaired) electrons. The molecule has 32 heavy (non-hydrogen) atoms. The topological polar surface area (TPSA) is 76.9 Å². The number of fused-ring (bicyclic) bond motifs is 1. The Morgan fingerprint density at radius 3 is 2.41 bits per heavy atom. The second kappa shape index (κ2) is 8.59. The lowest BCUT2D eigenvalue weighted by atomic mass is 10.0. The van der Waals surface area contributed by atoms with Crippen LogP contribution < -0.4 is 4.72 Å². The highest BCUT2D eigenvalue weighted by molar-refractivity contribution is 9.10. The van der Waals surface area contributed by atoms with Crippen molar-refractivity contribution in [1.29, 1.82) is 0 Å². The van der Waals surface area contributed by atoms with Gasteiger partial charge in [-0.15, -0.1) is 11.3 Å². The van der Waals surface area contributed by atoms with E-state index in [0.29, 0.717) is 5.95 Å². The molecule has 0 saturated heterocycles. The van der Waals surface area contributed by atoms with E-state index in [9.17, 15) is 8.42 Å². The third-order valence-electron chi connectivity index (χ3n) is 5.02. The van der Waals surface area contributed by atoms with E-state index in [1.165, 1.54) is 11.3 Å². The summed E-state index contributed by atoms with van der Waals surface area (Å²) in [6.45, 7) is 0. The summed E-state index contributed by atoms with van der Waals surface area (Å²) in [5.74, 6) is 0.473. The predicted molar refractivity (Wildman–Crippen MR) is 129 cm³/mol. The second-order valence-electron chi connectivity index (χ2n) is 7.05. The van der Waals surface area contributed by atoms with Crippen molar-refractivity contribution in [3.63, 3.8) is 0 Å². The molecule has 0 bridgehead atoms. The van der Waals surface area contributed by atoms with Crippen molar-refractivity contribution in [2.24, 2.45) is 0 Å². The molecule has 0 spiro atoms. The molecule has 1 atom stereocenters. The smallest absolute Gasteiger partial charge is 0.250 e. The number of thiophene rings is 1. The first-order chi connectivity index (χ1) is 15.5. The quantitative estimate of drug-likeness (QED) is 0.326. The van der Waals surface area contributed by atoms with Crippen LogP contribution in [0, 0.1) is 0 Å². The van der Waals surface area contributed by atoms with E-state index < -0.39 is 16.1 Å². The molecule has 2 aromatic carbocycles. The van der Waals surface area contributed by atoms with Gasteiger partial charge < -0.3 is 0 Å². The van der Waals surface area contributed by atoms with Crippen LogP contribution in [0.5, 0.6) is 0 Å². The van der Waals surface area contributed by atoms with Crippen molar-refractivity contribution in [2.45, 2.75) is 10.3 Å². The van der Waals surface area contributed by atoms with Crippen LogP contribution in [0.3, 0.4) is 0 Å². The number of hydrogen-bond acceptors (Lipinski definition) is 5. The Kier molecular flexibility index (Phi) is 5.64. The van der Waals surface area contributed by atoms with Gasteiger partial charge in [-0.05, 0) is 47.3 Å². The monoisotopic (exact) mass is 524 g/mol. The van der Waals surface area contributed by atoms with E-state index in [0.717, 1.165) is 26.6 Å². The van der Waals surface area contributed by atoms with Crippen LogP contribution in [0.4, 0.5) is 0 Å². The Labute approximate surface area is 197 Å². The van der Waals surface area contributed by atoms with Crippen LogP contribution in [0.25, 0.3) is 16.9 Å². The zero-order valence-electron chi connectivity index (χ0n) is 16.6. The van der Waals surface area contributed by atoms with Crippen molar-refractivity contribution in [3.05, 3.63) is 106 Å². The van der Waals surface area contributed by atoms with E-state index in [4.69, 9.17) is 0 Å². The number of aromatic nitrogens is 3. The Hall–Kier alpha value is -2.85. The molecule has 0 saturated carbocycles. The largest absolute Gasteiger partial charge is 0.280 e. The highest BCUT2D eigenvalue weighted by atomic mass is 79.9. The van der Waals surface area contributed by atoms with Gasteiger partial charge in [0, 0.05) is 27.9 Å². The molecule has 0 aliphatic heterocycles. The summed E-state index contributed by atoms with van der Waals surface area (Å²) in [7, 11) is -3.76. The zero-order chi connectivity index (χ0) is 22.1. The number of nitrogens with zero attached hydrogens (tertiary/aromatic N) is 3. The SMILES string of the molecule is O=S(=O)(NC(c1ccc(Br)cc1)c1cc2ccccc2n1-c1ncccn1)c1cccs1. The lowest BCUT2D eigenvalue weighted by Gasteiger charge is -2.21. The molecule has 1 N–H and O–H groups in total. The standard InChI is InChI=1S/C23H17BrN4O2S2/c24-18-10-8-16(9-11-18)22(27-32(29,30)21-7-3-14-31-21)20-15-17-5-1-2-6-19(17)28(20)23-25-12-4-13-26-23/h1-15,22,27H. The van der Waals surface area contributed by atoms with Gasteiger partial charge in [0.15, 0.2) is 0 Å². The van der Waals surface area contributed by atoms with E-state index in [1.807, 2.05) is 59.2 Å². The number of rotatable bonds is 6. The maximum Gasteiger partial charge on any atom is 0.250 e. The highest BCUT2D eigenvalue weighted by Gasteiger charge is 2.28. The first-order valence-electron chi connectivity index (χ1n) is 9.72. The number of benzene rings is 2. The molecule has 0 aliphatic carbocycles. The lowest BCUT2D eigenvalue weighted by molar-refractivity contribution is 0.570. The molecule has 160 valence electrons. The zero-order valence-corrected chi connectivity index (χ0v) is 19.8. The van der Waals surface area contributed by atoms with Crippen LogP contribution in [0.1, 0.15) is 17.3 Å². The van der Waals surface area contributed by atoms with E-state index in [-0.39, 0.29) is 4.21 Å². The number of para-hydroxylation sites is 1. The van der Waals surface area contributed by atoms with Gasteiger partial charge >= 0.3 is 0 Å². The van der Waals surface area contributed by atoms with Gasteiger partial charge in [-0.25, -0.2) is 18.4 Å². The van der Waals surface area contributed by atoms with E-state index >= 15 is 0 Å². The van der Waals surface area contributed by atoms with Gasteiger partial charge in [0.2, 0.25) is 5.95 Å². The Bertz CT molecular complexity index is 1470. The molecule has 0 amide bonds. The fraction of sp³-hybridized carbons (Fsp3) is 0.0435. The maximum absolute atomic E-state index is 13.2. The van der Waals surface area contributed by atoms with Crippen LogP contribution >= 0.6 is 27.3 Å². The van der Waals surface area contributed by atoms with Crippen LogP contribution in [-0.2, 0) is 10.0 Å². The van der Waals surface area contributed by atoms with Gasteiger partial charge in [0.05, 0.1) is 11.6 Å². The summed E-state index contributed by atoms with van der Waals surface area (Å²) in [5, 5.41) is 2.71. The van der Waals surface area contributed by atoms with Crippen LogP contribution in [0.2, 0.25) is 0 Å². The summed E-state index contributed by atoms with van der Waals surface area (Å²) in [6.07, 6.45) is 3.34. The van der Waals surface area contributed by atoms with Crippen molar-refractivity contribution < 1.29 is 8.42 Å². The molecule has 3 heterocycles. The van der Waals surface area contributed by atoms with Crippen molar-refractivity contribution in [1.82, 2.24) is 19.3 Å². The summed E-state index contributed by atoms with van der Waals surface area (Å²) >= 11 is 4.64. The van der Waals surface area contributed by atoms with Gasteiger partial charge in [0.1, 0.15) is 4.21 Å². The Balaban J connectivity index is 1.74. The van der Waals surface area contributed by atoms with Gasteiger partial charge in [-0.2, -0.15) is 4.72 Å². The number of nitrogens with one attached hydrogen (secondary N) is 1. The molecule has 5 rings (SSSR count). The van der Waals surface area contributed by atoms with E-state index in [1.54, 1.807) is 36.0 Å². The first kappa shape index (κ1) is 21.0. The van der Waals surface area contributed by atoms with Crippen molar-refractivity contribution in [2.75, 3.05) is 0 Å². The summed E-state index contributed by atoms with van der Waals surface area (Å²) in [4.78, 5) is 8.88. The Morgan fingerprint density at radius 1 is 0.938 bits per heavy atom. The molecular formula is C23H17BrN4O2S2. The second-order valence-corrected chi connectivity index (χ2v) is 10.9. The molecule has 0 aliphatic rings. The molecular weight excluding hydrogens is 508 g/mol. The highest BCUT2D eigenvalue weighted by Crippen LogP contribution is 2.32. The maximum atomic E-state index is 13.2. The average Bonchev–Trinajstić information content (AvgIpc) is 3.48. The number of sulfonamides is 1.